The molecule has 42 heavy (non-hydrogen) atoms. The second kappa shape index (κ2) is 10.5. The Morgan fingerprint density at radius 3 is 2.62 bits per heavy atom. The lowest BCUT2D eigenvalue weighted by Gasteiger charge is -2.36. The van der Waals surface area contributed by atoms with Gasteiger partial charge in [-0.1, -0.05) is 0 Å². The molecule has 1 saturated heterocycles. The summed E-state index contributed by atoms with van der Waals surface area (Å²) in [7, 11) is 1.67. The lowest BCUT2D eigenvalue weighted by atomic mass is 10.2. The number of halogens is 2. The van der Waals surface area contributed by atoms with Gasteiger partial charge in [0, 0.05) is 58.4 Å². The molecule has 220 valence electrons. The Morgan fingerprint density at radius 2 is 1.93 bits per heavy atom. The van der Waals surface area contributed by atoms with Crippen LogP contribution in [0.1, 0.15) is 6.92 Å². The van der Waals surface area contributed by atoms with Gasteiger partial charge >= 0.3 is 11.7 Å². The molecule has 1 aliphatic heterocycles. The predicted molar refractivity (Wildman–Crippen MR) is 149 cm³/mol. The number of furan rings is 1. The van der Waals surface area contributed by atoms with Crippen LogP contribution in [-0.4, -0.2) is 78.5 Å². The van der Waals surface area contributed by atoms with Crippen molar-refractivity contribution in [3.8, 4) is 17.2 Å². The third-order valence-electron chi connectivity index (χ3n) is 7.49. The molecular formula is C27H28F2N8O5. The van der Waals surface area contributed by atoms with E-state index in [4.69, 9.17) is 20.0 Å². The zero-order valence-corrected chi connectivity index (χ0v) is 22.8. The molecule has 1 atom stereocenters. The molecule has 0 saturated carbocycles. The summed E-state index contributed by atoms with van der Waals surface area (Å²) in [6.45, 7) is 4.09. The minimum absolute atomic E-state index is 0.130. The Hall–Kier alpha value is -4.92. The summed E-state index contributed by atoms with van der Waals surface area (Å²) in [6, 6.07) is 7.23. The Morgan fingerprint density at radius 1 is 1.17 bits per heavy atom. The van der Waals surface area contributed by atoms with E-state index in [9.17, 15) is 18.4 Å². The quantitative estimate of drug-likeness (QED) is 0.279. The molecule has 5 heterocycles. The average Bonchev–Trinajstić information content (AvgIpc) is 3.69. The number of benzene rings is 1. The van der Waals surface area contributed by atoms with Crippen LogP contribution in [0.25, 0.3) is 28.1 Å². The molecule has 13 nitrogen and oxygen atoms in total. The van der Waals surface area contributed by atoms with Gasteiger partial charge in [0.25, 0.3) is 0 Å². The van der Waals surface area contributed by atoms with Crippen LogP contribution in [0.5, 0.6) is 5.75 Å². The number of ether oxygens (including phenoxy) is 1. The number of fused-ring (bicyclic) bond motifs is 3. The maximum absolute atomic E-state index is 14.7. The van der Waals surface area contributed by atoms with Crippen LogP contribution >= 0.6 is 0 Å². The first-order valence-electron chi connectivity index (χ1n) is 13.3. The SMILES string of the molecule is CC(Oc1cc(N2CCN(CCn3c(=O)n(C)c4c3nc(N)n3nc(-c5ccco5)cc43)CC2)c(F)cc1F)C(=O)O. The topological polar surface area (TPSA) is 149 Å². The highest BCUT2D eigenvalue weighted by Crippen LogP contribution is 2.30. The number of aryl methyl sites for hydroxylation is 1. The molecule has 4 aromatic heterocycles. The maximum atomic E-state index is 14.7. The number of piperazine rings is 1. The number of carbonyl (C=O) groups is 1. The summed E-state index contributed by atoms with van der Waals surface area (Å²) in [5, 5.41) is 13.6. The number of hydrogen-bond acceptors (Lipinski definition) is 9. The molecule has 15 heteroatoms. The van der Waals surface area contributed by atoms with Crippen molar-refractivity contribution in [2.24, 2.45) is 7.05 Å². The van der Waals surface area contributed by atoms with E-state index in [-0.39, 0.29) is 23.1 Å². The molecule has 1 aromatic carbocycles. The maximum Gasteiger partial charge on any atom is 0.344 e. The summed E-state index contributed by atoms with van der Waals surface area (Å²) in [5.41, 5.74) is 8.32. The van der Waals surface area contributed by atoms with Crippen LogP contribution in [0.3, 0.4) is 0 Å². The van der Waals surface area contributed by atoms with E-state index in [1.54, 1.807) is 41.0 Å². The van der Waals surface area contributed by atoms with Gasteiger partial charge in [-0.2, -0.15) is 14.6 Å². The van der Waals surface area contributed by atoms with Crippen molar-refractivity contribution >= 4 is 34.3 Å². The second-order valence-corrected chi connectivity index (χ2v) is 10.1. The largest absolute Gasteiger partial charge is 0.479 e. The predicted octanol–water partition coefficient (Wildman–Crippen LogP) is 2.18. The summed E-state index contributed by atoms with van der Waals surface area (Å²) < 4.78 is 44.1. The highest BCUT2D eigenvalue weighted by Gasteiger charge is 2.25. The molecule has 0 bridgehead atoms. The van der Waals surface area contributed by atoms with Gasteiger partial charge in [0.05, 0.1) is 17.5 Å². The highest BCUT2D eigenvalue weighted by atomic mass is 19.1. The minimum atomic E-state index is -1.29. The van der Waals surface area contributed by atoms with E-state index >= 15 is 0 Å². The molecule has 0 aliphatic carbocycles. The van der Waals surface area contributed by atoms with Crippen LogP contribution in [0.4, 0.5) is 20.4 Å². The third kappa shape index (κ3) is 4.70. The van der Waals surface area contributed by atoms with Gasteiger partial charge in [-0.25, -0.2) is 18.4 Å². The molecule has 0 radical (unpaired) electrons. The first-order valence-corrected chi connectivity index (χ1v) is 13.3. The minimum Gasteiger partial charge on any atom is -0.479 e. The summed E-state index contributed by atoms with van der Waals surface area (Å²) in [4.78, 5) is 32.7. The second-order valence-electron chi connectivity index (χ2n) is 10.1. The van der Waals surface area contributed by atoms with Crippen LogP contribution in [-0.2, 0) is 18.4 Å². The zero-order valence-electron chi connectivity index (χ0n) is 22.8. The Balaban J connectivity index is 1.18. The van der Waals surface area contributed by atoms with Crippen LogP contribution < -0.4 is 21.1 Å². The molecule has 0 spiro atoms. The number of nitrogens with zero attached hydrogens (tertiary/aromatic N) is 7. The fourth-order valence-corrected chi connectivity index (χ4v) is 5.22. The average molecular weight is 583 g/mol. The van der Waals surface area contributed by atoms with Crippen molar-refractivity contribution in [3.63, 3.8) is 0 Å². The number of aliphatic carboxylic acids is 1. The van der Waals surface area contributed by atoms with Gasteiger partial charge in [0.1, 0.15) is 17.0 Å². The van der Waals surface area contributed by atoms with E-state index < -0.39 is 23.7 Å². The number of hydrogen-bond donors (Lipinski definition) is 2. The standard InChI is InChI=1S/C27H28F2N8O5/c1-15(25(38)39)42-22-14-19(16(28)12-17(22)29)35-8-5-34(6-9-35)7-10-36-24-23(33(2)27(36)40)20-13-18(21-4-3-11-41-21)32-37(20)26(30)31-24/h3-4,11-15H,5-10H2,1-2H3,(H2,30,31)(H,38,39). The normalized spacial score (nSPS) is 15.1. The van der Waals surface area contributed by atoms with Crippen LogP contribution in [0.15, 0.2) is 45.8 Å². The molecule has 1 unspecified atom stereocenters. The highest BCUT2D eigenvalue weighted by molar-refractivity contribution is 5.91. The first-order chi connectivity index (χ1) is 20.1. The Labute approximate surface area is 236 Å². The number of carboxylic acids is 1. The number of aromatic nitrogens is 5. The van der Waals surface area contributed by atoms with Crippen molar-refractivity contribution in [2.45, 2.75) is 19.6 Å². The van der Waals surface area contributed by atoms with Crippen molar-refractivity contribution in [1.29, 1.82) is 0 Å². The van der Waals surface area contributed by atoms with Crippen molar-refractivity contribution in [1.82, 2.24) is 28.6 Å². The number of imidazole rings is 1. The number of nitrogen functional groups attached to an aromatic ring is 1. The van der Waals surface area contributed by atoms with Gasteiger partial charge in [0.15, 0.2) is 29.1 Å². The van der Waals surface area contributed by atoms with Crippen molar-refractivity contribution in [2.75, 3.05) is 43.4 Å². The van der Waals surface area contributed by atoms with E-state index in [1.165, 1.54) is 22.1 Å². The summed E-state index contributed by atoms with van der Waals surface area (Å²) in [6.07, 6.45) is 0.257. The van der Waals surface area contributed by atoms with Gasteiger partial charge in [-0.15, -0.1) is 0 Å². The van der Waals surface area contributed by atoms with E-state index in [2.05, 4.69) is 15.0 Å². The van der Waals surface area contributed by atoms with Crippen molar-refractivity contribution in [3.05, 3.63) is 58.7 Å². The summed E-state index contributed by atoms with van der Waals surface area (Å²) >= 11 is 0. The monoisotopic (exact) mass is 582 g/mol. The number of rotatable bonds is 8. The lowest BCUT2D eigenvalue weighted by Crippen LogP contribution is -2.47. The smallest absolute Gasteiger partial charge is 0.344 e. The van der Waals surface area contributed by atoms with Gasteiger partial charge in [0.2, 0.25) is 5.95 Å². The molecule has 0 amide bonds. The van der Waals surface area contributed by atoms with Crippen LogP contribution in [0, 0.1) is 11.6 Å². The van der Waals surface area contributed by atoms with E-state index in [1.807, 2.05) is 0 Å². The zero-order chi connectivity index (χ0) is 29.7. The van der Waals surface area contributed by atoms with E-state index in [0.717, 1.165) is 0 Å². The molecule has 5 aromatic rings. The number of nitrogens with two attached hydrogens (primary N) is 1. The molecule has 3 N–H and O–H groups in total. The van der Waals surface area contributed by atoms with E-state index in [0.29, 0.717) is 73.5 Å². The third-order valence-corrected chi connectivity index (χ3v) is 7.49. The summed E-state index contributed by atoms with van der Waals surface area (Å²) in [5.74, 6) is -2.62. The molecule has 1 fully saturated rings. The lowest BCUT2D eigenvalue weighted by molar-refractivity contribution is -0.144. The van der Waals surface area contributed by atoms with Gasteiger partial charge in [-0.05, 0) is 25.1 Å². The van der Waals surface area contributed by atoms with Crippen LogP contribution in [0.2, 0.25) is 0 Å². The number of carboxylic acid groups (broad SMARTS) is 1. The first kappa shape index (κ1) is 27.3. The van der Waals surface area contributed by atoms with Gasteiger partial charge in [-0.3, -0.25) is 14.0 Å². The fraction of sp³-hybridized carbons (Fsp3) is 0.333. The molecular weight excluding hydrogens is 554 g/mol. The number of anilines is 2. The Bertz CT molecular complexity index is 1850. The van der Waals surface area contributed by atoms with Crippen molar-refractivity contribution < 1.29 is 27.8 Å². The molecule has 6 rings (SSSR count). The molecule has 1 aliphatic rings. The Kier molecular flexibility index (Phi) is 6.80. The fourth-order valence-electron chi connectivity index (χ4n) is 5.22. The van der Waals surface area contributed by atoms with Gasteiger partial charge < -0.3 is 24.9 Å².